The highest BCUT2D eigenvalue weighted by Crippen LogP contribution is 2.33. The summed E-state index contributed by atoms with van der Waals surface area (Å²) in [6.45, 7) is 3.06. The zero-order valence-corrected chi connectivity index (χ0v) is 23.1. The minimum absolute atomic E-state index is 0.0299. The topological polar surface area (TPSA) is 218 Å². The van der Waals surface area contributed by atoms with Crippen molar-refractivity contribution in [2.24, 2.45) is 5.73 Å². The van der Waals surface area contributed by atoms with Gasteiger partial charge in [0, 0.05) is 43.0 Å². The molecule has 0 aliphatic heterocycles. The first-order valence-electron chi connectivity index (χ1n) is 12.9. The Labute approximate surface area is 240 Å². The van der Waals surface area contributed by atoms with Crippen molar-refractivity contribution in [3.8, 4) is 11.6 Å². The van der Waals surface area contributed by atoms with E-state index < -0.39 is 23.5 Å². The summed E-state index contributed by atoms with van der Waals surface area (Å²) in [6, 6.07) is 12.3. The average molecular weight is 581 g/mol. The van der Waals surface area contributed by atoms with Gasteiger partial charge in [-0.25, -0.2) is 14.2 Å². The molecule has 0 spiro atoms. The number of nitrogens with zero attached hydrogens (tertiary/aromatic N) is 3. The number of aliphatic carboxylic acids is 1. The third-order valence-electron chi connectivity index (χ3n) is 5.84. The molecule has 2 heterocycles. The summed E-state index contributed by atoms with van der Waals surface area (Å²) in [6.07, 6.45) is 2.43. The van der Waals surface area contributed by atoms with E-state index in [1.165, 1.54) is 6.20 Å². The van der Waals surface area contributed by atoms with E-state index in [0.717, 1.165) is 17.2 Å². The number of nitrogens with one attached hydrogen (secondary N) is 3. The third kappa shape index (κ3) is 7.91. The molecular weight excluding hydrogens is 547 g/mol. The Kier molecular flexibility index (Phi) is 10.7. The first-order valence-corrected chi connectivity index (χ1v) is 12.9. The van der Waals surface area contributed by atoms with Crippen LogP contribution in [0.5, 0.6) is 5.75 Å². The lowest BCUT2D eigenvalue weighted by Gasteiger charge is -2.21. The van der Waals surface area contributed by atoms with Crippen LogP contribution in [-0.4, -0.2) is 55.0 Å². The number of anilines is 2. The van der Waals surface area contributed by atoms with Crippen molar-refractivity contribution in [1.82, 2.24) is 19.7 Å². The third-order valence-corrected chi connectivity index (χ3v) is 5.84. The van der Waals surface area contributed by atoms with E-state index in [1.807, 2.05) is 6.92 Å². The number of aliphatic hydroxyl groups excluding tert-OH is 1. The van der Waals surface area contributed by atoms with E-state index in [0.29, 0.717) is 24.1 Å². The first kappa shape index (κ1) is 31.3. The Morgan fingerprint density at radius 1 is 1.26 bits per heavy atom. The highest BCUT2D eigenvalue weighted by molar-refractivity contribution is 5.95. The molecule has 2 aromatic carbocycles. The maximum absolute atomic E-state index is 15.9. The number of ether oxygens (including phenoxy) is 1. The van der Waals surface area contributed by atoms with Crippen molar-refractivity contribution in [2.75, 3.05) is 24.3 Å². The van der Waals surface area contributed by atoms with Crippen molar-refractivity contribution in [2.45, 2.75) is 32.7 Å². The van der Waals surface area contributed by atoms with Gasteiger partial charge < -0.3 is 31.7 Å². The lowest BCUT2D eigenvalue weighted by Crippen LogP contribution is -2.18. The Hall–Kier alpha value is -5.24. The largest absolute Gasteiger partial charge is 0.490 e. The summed E-state index contributed by atoms with van der Waals surface area (Å²) in [7, 11) is 0. The van der Waals surface area contributed by atoms with E-state index in [4.69, 9.17) is 36.6 Å². The number of aromatic amines is 1. The molecule has 222 valence electrons. The Morgan fingerprint density at radius 2 is 1.95 bits per heavy atom. The maximum atomic E-state index is 15.9. The van der Waals surface area contributed by atoms with Crippen LogP contribution in [0.1, 0.15) is 48.8 Å². The van der Waals surface area contributed by atoms with Crippen molar-refractivity contribution >= 4 is 23.2 Å². The predicted octanol–water partition coefficient (Wildman–Crippen LogP) is 2.58. The maximum Gasteiger partial charge on any atom is 0.349 e. The number of amidine groups is 1. The van der Waals surface area contributed by atoms with Crippen LogP contribution in [0, 0.1) is 11.2 Å². The minimum Gasteiger partial charge on any atom is -0.490 e. The molecule has 2 aromatic heterocycles. The number of aryl methyl sites for hydroxylation is 1. The van der Waals surface area contributed by atoms with Crippen molar-refractivity contribution in [3.05, 3.63) is 93.5 Å². The van der Waals surface area contributed by atoms with E-state index in [9.17, 15) is 4.79 Å². The van der Waals surface area contributed by atoms with Crippen molar-refractivity contribution in [1.29, 1.82) is 5.41 Å². The number of pyridine rings is 1. The molecule has 4 aromatic rings. The summed E-state index contributed by atoms with van der Waals surface area (Å²) in [5.74, 6) is -1.27. The quantitative estimate of drug-likeness (QED) is 0.0781. The molecule has 1 atom stereocenters. The van der Waals surface area contributed by atoms with Crippen LogP contribution in [0.25, 0.3) is 5.82 Å². The van der Waals surface area contributed by atoms with Gasteiger partial charge in [-0.3, -0.25) is 15.2 Å². The second-order valence-corrected chi connectivity index (χ2v) is 9.01. The molecular formula is C28H33FN8O5. The van der Waals surface area contributed by atoms with Gasteiger partial charge in [0.2, 0.25) is 0 Å². The predicted molar refractivity (Wildman–Crippen MR) is 156 cm³/mol. The molecule has 0 bridgehead atoms. The lowest BCUT2D eigenvalue weighted by atomic mass is 10.00. The molecule has 0 aliphatic carbocycles. The fourth-order valence-electron chi connectivity index (χ4n) is 3.85. The monoisotopic (exact) mass is 580 g/mol. The van der Waals surface area contributed by atoms with Gasteiger partial charge >= 0.3 is 5.69 Å². The van der Waals surface area contributed by atoms with Crippen LogP contribution >= 0.6 is 0 Å². The molecule has 0 fully saturated rings. The number of benzene rings is 2. The molecule has 0 aliphatic rings. The number of hydrogen-bond acceptors (Lipinski definition) is 9. The molecule has 13 nitrogen and oxygen atoms in total. The van der Waals surface area contributed by atoms with Crippen molar-refractivity contribution in [3.63, 3.8) is 0 Å². The summed E-state index contributed by atoms with van der Waals surface area (Å²) in [4.78, 5) is 28.7. The van der Waals surface area contributed by atoms with Gasteiger partial charge in [-0.05, 0) is 54.4 Å². The molecule has 4 rings (SSSR count). The van der Waals surface area contributed by atoms with E-state index >= 15 is 4.39 Å². The van der Waals surface area contributed by atoms with Crippen molar-refractivity contribution < 1.29 is 24.1 Å². The van der Waals surface area contributed by atoms with Crippen LogP contribution in [-0.2, 0) is 11.2 Å². The zero-order valence-electron chi connectivity index (χ0n) is 23.1. The molecule has 1 unspecified atom stereocenters. The normalized spacial score (nSPS) is 11.2. The van der Waals surface area contributed by atoms with Gasteiger partial charge in [-0.2, -0.15) is 4.68 Å². The number of carboxylic acid groups (broad SMARTS) is 1. The molecule has 9 N–H and O–H groups in total. The molecule has 42 heavy (non-hydrogen) atoms. The molecule has 14 heteroatoms. The number of nitrogen functional groups attached to an aromatic ring is 2. The van der Waals surface area contributed by atoms with Gasteiger partial charge in [-0.1, -0.05) is 13.0 Å². The van der Waals surface area contributed by atoms with Gasteiger partial charge in [0.05, 0.1) is 12.3 Å². The SMILES string of the molecule is CC(=O)O.CCc1cc(OCCCO)c(F)c(C(Nc2ccc(C(=N)N)cc2)c2nn(-c3ncccc3N)c(=O)[nH]2)c1. The van der Waals surface area contributed by atoms with Gasteiger partial charge in [-0.15, -0.1) is 5.10 Å². The number of halogens is 1. The number of rotatable bonds is 11. The van der Waals surface area contributed by atoms with Gasteiger partial charge in [0.1, 0.15) is 11.9 Å². The highest BCUT2D eigenvalue weighted by atomic mass is 19.1. The molecule has 0 saturated carbocycles. The fraction of sp³-hybridized carbons (Fsp3) is 0.250. The summed E-state index contributed by atoms with van der Waals surface area (Å²) in [5, 5.41) is 31.8. The minimum atomic E-state index is -0.955. The molecule has 0 radical (unpaired) electrons. The number of H-pyrrole nitrogens is 1. The number of aromatic nitrogens is 4. The second kappa shape index (κ2) is 14.4. The summed E-state index contributed by atoms with van der Waals surface area (Å²) in [5.41, 5.74) is 13.3. The first-order chi connectivity index (χ1) is 20.0. The van der Waals surface area contributed by atoms with E-state index in [-0.39, 0.29) is 47.7 Å². The van der Waals surface area contributed by atoms with Crippen LogP contribution < -0.4 is 27.2 Å². The Morgan fingerprint density at radius 3 is 2.55 bits per heavy atom. The van der Waals surface area contributed by atoms with Crippen LogP contribution in [0.15, 0.2) is 59.5 Å². The highest BCUT2D eigenvalue weighted by Gasteiger charge is 2.26. The number of aliphatic hydroxyl groups is 1. The fourth-order valence-corrected chi connectivity index (χ4v) is 3.85. The van der Waals surface area contributed by atoms with Crippen LogP contribution in [0.4, 0.5) is 15.8 Å². The van der Waals surface area contributed by atoms with Gasteiger partial charge in [0.15, 0.2) is 23.2 Å². The van der Waals surface area contributed by atoms with E-state index in [2.05, 4.69) is 20.4 Å². The molecule has 0 amide bonds. The Balaban J connectivity index is 0.00000114. The number of nitrogens with two attached hydrogens (primary N) is 2. The smallest absolute Gasteiger partial charge is 0.349 e. The van der Waals surface area contributed by atoms with Gasteiger partial charge in [0.25, 0.3) is 5.97 Å². The zero-order chi connectivity index (χ0) is 30.8. The summed E-state index contributed by atoms with van der Waals surface area (Å²) < 4.78 is 22.5. The summed E-state index contributed by atoms with van der Waals surface area (Å²) >= 11 is 0. The van der Waals surface area contributed by atoms with E-state index in [1.54, 1.807) is 48.5 Å². The molecule has 0 saturated heterocycles. The number of carboxylic acids is 1. The average Bonchev–Trinajstić information content (AvgIpc) is 3.34. The van der Waals surface area contributed by atoms with Crippen LogP contribution in [0.2, 0.25) is 0 Å². The number of carbonyl (C=O) groups is 1. The second-order valence-electron chi connectivity index (χ2n) is 9.01. The van der Waals surface area contributed by atoms with Crippen LogP contribution in [0.3, 0.4) is 0 Å². The Bertz CT molecular complexity index is 1580. The standard InChI is InChI=1S/C26H29FN8O3.C2H4O2/c1-2-15-13-18(21(27)20(14-15)38-12-4-11-36)22(32-17-8-6-16(7-9-17)23(29)30)24-33-26(37)35(34-24)25-19(28)5-3-10-31-25;1-2(3)4/h3,5-10,13-14,22,32,36H,2,4,11-12,28H2,1H3,(H3,29,30)(H,33,34,37);1H3,(H,3,4). The lowest BCUT2D eigenvalue weighted by molar-refractivity contribution is -0.134. The number of hydrogen-bond donors (Lipinski definition) is 7.